The van der Waals surface area contributed by atoms with Crippen LogP contribution in [0.15, 0.2) is 12.4 Å². The zero-order valence-corrected chi connectivity index (χ0v) is 9.52. The van der Waals surface area contributed by atoms with E-state index in [0.29, 0.717) is 0 Å². The van der Waals surface area contributed by atoms with Gasteiger partial charge in [-0.3, -0.25) is 0 Å². The van der Waals surface area contributed by atoms with E-state index in [1.54, 1.807) is 0 Å². The third-order valence-electron chi connectivity index (χ3n) is 3.33. The predicted molar refractivity (Wildman–Crippen MR) is 63.7 cm³/mol. The van der Waals surface area contributed by atoms with Gasteiger partial charge in [0.2, 0.25) is 5.95 Å². The molecular formula is C12H18N4. The summed E-state index contributed by atoms with van der Waals surface area (Å²) < 4.78 is 0. The molecule has 1 saturated heterocycles. The van der Waals surface area contributed by atoms with Gasteiger partial charge in [0, 0.05) is 32.0 Å². The molecule has 2 aliphatic rings. The summed E-state index contributed by atoms with van der Waals surface area (Å²) in [6.45, 7) is 4.23. The highest BCUT2D eigenvalue weighted by molar-refractivity contribution is 5.31. The molecule has 0 bridgehead atoms. The second-order valence-electron chi connectivity index (χ2n) is 4.68. The highest BCUT2D eigenvalue weighted by Crippen LogP contribution is 2.39. The Morgan fingerprint density at radius 2 is 1.94 bits per heavy atom. The van der Waals surface area contributed by atoms with Gasteiger partial charge in [0.25, 0.3) is 0 Å². The van der Waals surface area contributed by atoms with E-state index in [-0.39, 0.29) is 0 Å². The first kappa shape index (κ1) is 10.0. The van der Waals surface area contributed by atoms with Gasteiger partial charge in [-0.05, 0) is 37.3 Å². The molecule has 2 fully saturated rings. The number of nitrogens with zero attached hydrogens (tertiary/aromatic N) is 3. The molecule has 0 radical (unpaired) electrons. The van der Waals surface area contributed by atoms with E-state index in [9.17, 15) is 0 Å². The number of nitrogens with one attached hydrogen (secondary N) is 1. The molecular weight excluding hydrogens is 200 g/mol. The molecule has 1 aromatic rings. The molecule has 86 valence electrons. The van der Waals surface area contributed by atoms with Gasteiger partial charge in [0.1, 0.15) is 0 Å². The SMILES string of the molecule is c1nc(N2CCCNCC2)ncc1C1CC1. The molecule has 0 spiro atoms. The summed E-state index contributed by atoms with van der Waals surface area (Å²) in [5, 5.41) is 3.39. The lowest BCUT2D eigenvalue weighted by atomic mass is 10.2. The van der Waals surface area contributed by atoms with Crippen LogP contribution in [0.25, 0.3) is 0 Å². The Morgan fingerprint density at radius 3 is 2.69 bits per heavy atom. The van der Waals surface area contributed by atoms with Gasteiger partial charge in [-0.1, -0.05) is 0 Å². The lowest BCUT2D eigenvalue weighted by Gasteiger charge is -2.19. The molecule has 0 amide bonds. The quantitative estimate of drug-likeness (QED) is 0.808. The third kappa shape index (κ3) is 2.16. The highest BCUT2D eigenvalue weighted by Gasteiger charge is 2.24. The zero-order chi connectivity index (χ0) is 10.8. The molecule has 4 heteroatoms. The van der Waals surface area contributed by atoms with Crippen molar-refractivity contribution in [3.05, 3.63) is 18.0 Å². The van der Waals surface area contributed by atoms with Crippen LogP contribution in [0.3, 0.4) is 0 Å². The van der Waals surface area contributed by atoms with Crippen LogP contribution in [0, 0.1) is 0 Å². The normalized spacial score (nSPS) is 21.9. The van der Waals surface area contributed by atoms with Crippen molar-refractivity contribution in [2.24, 2.45) is 0 Å². The number of hydrogen-bond donors (Lipinski definition) is 1. The summed E-state index contributed by atoms with van der Waals surface area (Å²) in [5.74, 6) is 1.65. The van der Waals surface area contributed by atoms with E-state index in [2.05, 4.69) is 20.2 Å². The molecule has 1 aliphatic carbocycles. The van der Waals surface area contributed by atoms with Crippen molar-refractivity contribution in [2.75, 3.05) is 31.1 Å². The van der Waals surface area contributed by atoms with Crippen molar-refractivity contribution < 1.29 is 0 Å². The highest BCUT2D eigenvalue weighted by atomic mass is 15.3. The van der Waals surface area contributed by atoms with Crippen molar-refractivity contribution in [2.45, 2.75) is 25.2 Å². The maximum Gasteiger partial charge on any atom is 0.225 e. The minimum atomic E-state index is 0.750. The topological polar surface area (TPSA) is 41.1 Å². The molecule has 0 aromatic carbocycles. The molecule has 4 nitrogen and oxygen atoms in total. The molecule has 16 heavy (non-hydrogen) atoms. The second kappa shape index (κ2) is 4.37. The largest absolute Gasteiger partial charge is 0.340 e. The van der Waals surface area contributed by atoms with Crippen molar-refractivity contribution in [1.82, 2.24) is 15.3 Å². The van der Waals surface area contributed by atoms with Gasteiger partial charge in [0.15, 0.2) is 0 Å². The first-order chi connectivity index (χ1) is 7.93. The van der Waals surface area contributed by atoms with Crippen molar-refractivity contribution in [3.8, 4) is 0 Å². The van der Waals surface area contributed by atoms with Gasteiger partial charge in [-0.15, -0.1) is 0 Å². The number of aromatic nitrogens is 2. The summed E-state index contributed by atoms with van der Waals surface area (Å²) in [7, 11) is 0. The lowest BCUT2D eigenvalue weighted by Crippen LogP contribution is -2.29. The van der Waals surface area contributed by atoms with Crippen LogP contribution in [0.5, 0.6) is 0 Å². The maximum absolute atomic E-state index is 4.49. The van der Waals surface area contributed by atoms with Crippen LogP contribution in [0.2, 0.25) is 0 Å². The summed E-state index contributed by atoms with van der Waals surface area (Å²) >= 11 is 0. The Morgan fingerprint density at radius 1 is 1.12 bits per heavy atom. The Bertz CT molecular complexity index is 337. The molecule has 3 rings (SSSR count). The van der Waals surface area contributed by atoms with Gasteiger partial charge in [-0.25, -0.2) is 9.97 Å². The van der Waals surface area contributed by atoms with Gasteiger partial charge < -0.3 is 10.2 Å². The van der Waals surface area contributed by atoms with E-state index in [1.165, 1.54) is 24.8 Å². The zero-order valence-electron chi connectivity index (χ0n) is 9.52. The number of rotatable bonds is 2. The van der Waals surface area contributed by atoms with E-state index >= 15 is 0 Å². The third-order valence-corrected chi connectivity index (χ3v) is 3.33. The van der Waals surface area contributed by atoms with Crippen molar-refractivity contribution in [1.29, 1.82) is 0 Å². The minimum absolute atomic E-state index is 0.750. The Hall–Kier alpha value is -1.16. The average Bonchev–Trinajstić information content (AvgIpc) is 3.17. The summed E-state index contributed by atoms with van der Waals surface area (Å²) in [4.78, 5) is 11.3. The van der Waals surface area contributed by atoms with E-state index in [1.807, 2.05) is 12.4 Å². The first-order valence-electron chi connectivity index (χ1n) is 6.21. The fourth-order valence-electron chi connectivity index (χ4n) is 2.17. The Kier molecular flexibility index (Phi) is 2.74. The van der Waals surface area contributed by atoms with Gasteiger partial charge in [0.05, 0.1) is 0 Å². The lowest BCUT2D eigenvalue weighted by molar-refractivity contribution is 0.724. The molecule has 1 aromatic heterocycles. The summed E-state index contributed by atoms with van der Waals surface area (Å²) in [5.41, 5.74) is 1.32. The van der Waals surface area contributed by atoms with Crippen LogP contribution in [0.4, 0.5) is 5.95 Å². The molecule has 0 unspecified atom stereocenters. The Labute approximate surface area is 96.1 Å². The average molecular weight is 218 g/mol. The summed E-state index contributed by atoms with van der Waals surface area (Å²) in [6, 6.07) is 0. The van der Waals surface area contributed by atoms with Crippen molar-refractivity contribution >= 4 is 5.95 Å². The van der Waals surface area contributed by atoms with Crippen LogP contribution in [-0.4, -0.2) is 36.1 Å². The van der Waals surface area contributed by atoms with Crippen LogP contribution < -0.4 is 10.2 Å². The fourth-order valence-corrected chi connectivity index (χ4v) is 2.17. The fraction of sp³-hybridized carbons (Fsp3) is 0.667. The standard InChI is InChI=1S/C12H18N4/c1-4-13-5-7-16(6-1)12-14-8-11(9-15-12)10-2-3-10/h8-10,13H,1-7H2. The minimum Gasteiger partial charge on any atom is -0.340 e. The molecule has 1 saturated carbocycles. The van der Waals surface area contributed by atoms with E-state index < -0.39 is 0 Å². The van der Waals surface area contributed by atoms with Gasteiger partial charge in [-0.2, -0.15) is 0 Å². The molecule has 1 N–H and O–H groups in total. The van der Waals surface area contributed by atoms with Gasteiger partial charge >= 0.3 is 0 Å². The van der Waals surface area contributed by atoms with Crippen LogP contribution >= 0.6 is 0 Å². The molecule has 2 heterocycles. The smallest absolute Gasteiger partial charge is 0.225 e. The van der Waals surface area contributed by atoms with E-state index in [0.717, 1.165) is 38.0 Å². The molecule has 0 atom stereocenters. The van der Waals surface area contributed by atoms with E-state index in [4.69, 9.17) is 0 Å². The van der Waals surface area contributed by atoms with Crippen molar-refractivity contribution in [3.63, 3.8) is 0 Å². The van der Waals surface area contributed by atoms with Crippen LogP contribution in [-0.2, 0) is 0 Å². The maximum atomic E-state index is 4.49. The predicted octanol–water partition coefficient (Wildman–Crippen LogP) is 1.15. The monoisotopic (exact) mass is 218 g/mol. The van der Waals surface area contributed by atoms with Crippen LogP contribution in [0.1, 0.15) is 30.7 Å². The second-order valence-corrected chi connectivity index (χ2v) is 4.68. The summed E-state index contributed by atoms with van der Waals surface area (Å²) in [6.07, 6.45) is 7.83. The first-order valence-corrected chi connectivity index (χ1v) is 6.21. The number of anilines is 1. The Balaban J connectivity index is 1.71. The number of hydrogen-bond acceptors (Lipinski definition) is 4. The molecule has 1 aliphatic heterocycles.